The Labute approximate surface area is 143 Å². The molecular weight excluding hydrogens is 282 g/mol. The maximum atomic E-state index is 9.23. The predicted octanol–water partition coefficient (Wildman–Crippen LogP) is 6.18. The Morgan fingerprint density at radius 1 is 0.696 bits per heavy atom. The normalized spacial score (nSPS) is 11.0. The van der Waals surface area contributed by atoms with Gasteiger partial charge in [0.2, 0.25) is 0 Å². The van der Waals surface area contributed by atoms with E-state index < -0.39 is 0 Å². The second-order valence-corrected chi connectivity index (χ2v) is 6.73. The topological polar surface area (TPSA) is 32.3 Å². The minimum atomic E-state index is 0.342. The molecule has 0 fully saturated rings. The molecule has 0 amide bonds. The molecule has 1 rings (SSSR count). The lowest BCUT2D eigenvalue weighted by Crippen LogP contribution is -2.14. The predicted molar refractivity (Wildman–Crippen MR) is 101 cm³/mol. The van der Waals surface area contributed by atoms with Gasteiger partial charge in [0.1, 0.15) is 5.75 Å². The van der Waals surface area contributed by atoms with Crippen molar-refractivity contribution in [3.63, 3.8) is 0 Å². The van der Waals surface area contributed by atoms with E-state index >= 15 is 0 Å². The largest absolute Gasteiger partial charge is 0.508 e. The molecule has 23 heavy (non-hydrogen) atoms. The van der Waals surface area contributed by atoms with E-state index in [4.69, 9.17) is 0 Å². The summed E-state index contributed by atoms with van der Waals surface area (Å²) in [7, 11) is 0. The smallest absolute Gasteiger partial charge is 0.115 e. The van der Waals surface area contributed by atoms with Crippen molar-refractivity contribution >= 4 is 0 Å². The molecule has 1 aromatic rings. The fourth-order valence-corrected chi connectivity index (χ4v) is 2.94. The van der Waals surface area contributed by atoms with E-state index in [0.29, 0.717) is 5.75 Å². The summed E-state index contributed by atoms with van der Waals surface area (Å²) in [5, 5.41) is 12.7. The number of phenols is 1. The van der Waals surface area contributed by atoms with Crippen LogP contribution in [0.1, 0.15) is 89.5 Å². The van der Waals surface area contributed by atoms with Crippen molar-refractivity contribution in [2.24, 2.45) is 0 Å². The van der Waals surface area contributed by atoms with E-state index in [0.717, 1.165) is 13.1 Å². The van der Waals surface area contributed by atoms with Gasteiger partial charge < -0.3 is 10.4 Å². The van der Waals surface area contributed by atoms with Crippen LogP contribution in [0.25, 0.3) is 0 Å². The minimum absolute atomic E-state index is 0.342. The summed E-state index contributed by atoms with van der Waals surface area (Å²) in [5.74, 6) is 0.342. The SMILES string of the molecule is CCCCCCCCCCCCCCNCc1ccc(O)cc1. The molecule has 0 aromatic heterocycles. The van der Waals surface area contributed by atoms with E-state index in [1.165, 1.54) is 82.6 Å². The number of hydrogen-bond donors (Lipinski definition) is 2. The number of phenolic OH excluding ortho intramolecular Hbond substituents is 1. The molecule has 1 aromatic carbocycles. The van der Waals surface area contributed by atoms with E-state index in [-0.39, 0.29) is 0 Å². The summed E-state index contributed by atoms with van der Waals surface area (Å²) >= 11 is 0. The maximum Gasteiger partial charge on any atom is 0.115 e. The highest BCUT2D eigenvalue weighted by Crippen LogP contribution is 2.12. The van der Waals surface area contributed by atoms with E-state index in [1.807, 2.05) is 12.1 Å². The van der Waals surface area contributed by atoms with Crippen LogP contribution in [0.2, 0.25) is 0 Å². The van der Waals surface area contributed by atoms with Gasteiger partial charge in [0, 0.05) is 6.54 Å². The fraction of sp³-hybridized carbons (Fsp3) is 0.714. The summed E-state index contributed by atoms with van der Waals surface area (Å²) in [6, 6.07) is 7.46. The zero-order valence-corrected chi connectivity index (χ0v) is 15.2. The molecule has 0 unspecified atom stereocenters. The lowest BCUT2D eigenvalue weighted by Gasteiger charge is -2.05. The van der Waals surface area contributed by atoms with Crippen molar-refractivity contribution in [1.82, 2.24) is 5.32 Å². The van der Waals surface area contributed by atoms with Crippen molar-refractivity contribution in [3.05, 3.63) is 29.8 Å². The first-order chi connectivity index (χ1) is 11.3. The van der Waals surface area contributed by atoms with Gasteiger partial charge in [-0.05, 0) is 30.7 Å². The molecule has 0 heterocycles. The average Bonchev–Trinajstić information content (AvgIpc) is 2.57. The first kappa shape index (κ1) is 20.0. The molecule has 0 saturated heterocycles. The van der Waals surface area contributed by atoms with E-state index in [1.54, 1.807) is 12.1 Å². The number of aromatic hydroxyl groups is 1. The van der Waals surface area contributed by atoms with Gasteiger partial charge in [0.15, 0.2) is 0 Å². The van der Waals surface area contributed by atoms with Crippen LogP contribution in [0.3, 0.4) is 0 Å². The van der Waals surface area contributed by atoms with Gasteiger partial charge in [-0.15, -0.1) is 0 Å². The zero-order valence-electron chi connectivity index (χ0n) is 15.2. The summed E-state index contributed by atoms with van der Waals surface area (Å²) in [6.45, 7) is 4.28. The second kappa shape index (κ2) is 14.6. The summed E-state index contributed by atoms with van der Waals surface area (Å²) in [6.07, 6.45) is 16.8. The molecule has 0 aliphatic rings. The fourth-order valence-electron chi connectivity index (χ4n) is 2.94. The Kier molecular flexibility index (Phi) is 12.7. The summed E-state index contributed by atoms with van der Waals surface area (Å²) in [5.41, 5.74) is 1.24. The number of unbranched alkanes of at least 4 members (excludes halogenated alkanes) is 11. The maximum absolute atomic E-state index is 9.23. The van der Waals surface area contributed by atoms with Crippen LogP contribution >= 0.6 is 0 Å². The molecule has 2 N–H and O–H groups in total. The van der Waals surface area contributed by atoms with Crippen LogP contribution in [0.15, 0.2) is 24.3 Å². The van der Waals surface area contributed by atoms with Crippen molar-refractivity contribution in [2.75, 3.05) is 6.54 Å². The molecule has 0 aliphatic carbocycles. The van der Waals surface area contributed by atoms with Gasteiger partial charge in [0.25, 0.3) is 0 Å². The number of hydrogen-bond acceptors (Lipinski definition) is 2. The lowest BCUT2D eigenvalue weighted by atomic mass is 10.1. The van der Waals surface area contributed by atoms with Crippen LogP contribution in [-0.4, -0.2) is 11.7 Å². The molecule has 0 bridgehead atoms. The summed E-state index contributed by atoms with van der Waals surface area (Å²) < 4.78 is 0. The van der Waals surface area contributed by atoms with Gasteiger partial charge in [-0.2, -0.15) is 0 Å². The molecular formula is C21H37NO. The molecule has 0 saturated carbocycles. The van der Waals surface area contributed by atoms with Crippen molar-refractivity contribution in [2.45, 2.75) is 90.5 Å². The van der Waals surface area contributed by atoms with E-state index in [9.17, 15) is 5.11 Å². The van der Waals surface area contributed by atoms with E-state index in [2.05, 4.69) is 12.2 Å². The van der Waals surface area contributed by atoms with Crippen LogP contribution in [0.4, 0.5) is 0 Å². The Morgan fingerprint density at radius 2 is 1.17 bits per heavy atom. The van der Waals surface area contributed by atoms with Crippen molar-refractivity contribution in [3.8, 4) is 5.75 Å². The number of rotatable bonds is 15. The Morgan fingerprint density at radius 3 is 1.70 bits per heavy atom. The van der Waals surface area contributed by atoms with Crippen LogP contribution in [0, 0.1) is 0 Å². The van der Waals surface area contributed by atoms with Crippen LogP contribution < -0.4 is 5.32 Å². The zero-order chi connectivity index (χ0) is 16.6. The Balaban J connectivity index is 1.77. The Bertz CT molecular complexity index is 361. The number of benzene rings is 1. The first-order valence-corrected chi connectivity index (χ1v) is 9.81. The molecule has 0 spiro atoms. The standard InChI is InChI=1S/C21H37NO/c1-2-3-4-5-6-7-8-9-10-11-12-13-18-22-19-20-14-16-21(23)17-15-20/h14-17,22-23H,2-13,18-19H2,1H3. The third-order valence-corrected chi connectivity index (χ3v) is 4.47. The van der Waals surface area contributed by atoms with Crippen LogP contribution in [-0.2, 0) is 6.54 Å². The third kappa shape index (κ3) is 12.1. The molecule has 132 valence electrons. The van der Waals surface area contributed by atoms with Crippen LogP contribution in [0.5, 0.6) is 5.75 Å². The summed E-state index contributed by atoms with van der Waals surface area (Å²) in [4.78, 5) is 0. The first-order valence-electron chi connectivity index (χ1n) is 9.81. The number of nitrogens with one attached hydrogen (secondary N) is 1. The minimum Gasteiger partial charge on any atom is -0.508 e. The highest BCUT2D eigenvalue weighted by Gasteiger charge is 1.95. The monoisotopic (exact) mass is 319 g/mol. The molecule has 0 aliphatic heterocycles. The quantitative estimate of drug-likeness (QED) is 0.378. The highest BCUT2D eigenvalue weighted by molar-refractivity contribution is 5.25. The van der Waals surface area contributed by atoms with Crippen molar-refractivity contribution in [1.29, 1.82) is 0 Å². The van der Waals surface area contributed by atoms with Crippen molar-refractivity contribution < 1.29 is 5.11 Å². The Hall–Kier alpha value is -1.02. The lowest BCUT2D eigenvalue weighted by molar-refractivity contribution is 0.475. The van der Waals surface area contributed by atoms with Gasteiger partial charge in [-0.3, -0.25) is 0 Å². The van der Waals surface area contributed by atoms with Gasteiger partial charge >= 0.3 is 0 Å². The molecule has 2 heteroatoms. The molecule has 2 nitrogen and oxygen atoms in total. The second-order valence-electron chi connectivity index (χ2n) is 6.73. The van der Waals surface area contributed by atoms with Gasteiger partial charge in [-0.25, -0.2) is 0 Å². The highest BCUT2D eigenvalue weighted by atomic mass is 16.3. The molecule has 0 atom stereocenters. The molecule has 0 radical (unpaired) electrons. The van der Waals surface area contributed by atoms with Gasteiger partial charge in [0.05, 0.1) is 0 Å². The van der Waals surface area contributed by atoms with Gasteiger partial charge in [-0.1, -0.05) is 89.7 Å². The average molecular weight is 320 g/mol. The third-order valence-electron chi connectivity index (χ3n) is 4.47.